The van der Waals surface area contributed by atoms with Crippen LogP contribution in [0.1, 0.15) is 51.5 Å². The standard InChI is InChI=1S/C17H25N/c1-17(2,15-12-8-5-9-13-15)16(18)14-10-6-3-4-7-11-14/h5,8-10,12-13,16H,3-4,6-7,11,18H2,1-2H3. The summed E-state index contributed by atoms with van der Waals surface area (Å²) in [6.45, 7) is 4.53. The van der Waals surface area contributed by atoms with E-state index in [1.807, 2.05) is 0 Å². The Hall–Kier alpha value is -1.08. The van der Waals surface area contributed by atoms with Crippen LogP contribution in [0.4, 0.5) is 0 Å². The number of hydrogen-bond donors (Lipinski definition) is 1. The highest BCUT2D eigenvalue weighted by Crippen LogP contribution is 2.32. The Labute approximate surface area is 111 Å². The average Bonchev–Trinajstić information content (AvgIpc) is 2.67. The molecule has 2 rings (SSSR count). The van der Waals surface area contributed by atoms with Crippen molar-refractivity contribution in [2.24, 2.45) is 5.73 Å². The molecular formula is C17H25N. The van der Waals surface area contributed by atoms with Gasteiger partial charge in [-0.25, -0.2) is 0 Å². The van der Waals surface area contributed by atoms with Gasteiger partial charge in [0.15, 0.2) is 0 Å². The number of benzene rings is 1. The molecule has 0 spiro atoms. The van der Waals surface area contributed by atoms with Crippen molar-refractivity contribution >= 4 is 0 Å². The molecule has 0 radical (unpaired) electrons. The van der Waals surface area contributed by atoms with Crippen molar-refractivity contribution in [1.82, 2.24) is 0 Å². The van der Waals surface area contributed by atoms with Gasteiger partial charge in [0.25, 0.3) is 0 Å². The predicted octanol–water partition coefficient (Wildman–Crippen LogP) is 4.18. The van der Waals surface area contributed by atoms with Crippen molar-refractivity contribution in [3.8, 4) is 0 Å². The molecule has 0 saturated heterocycles. The highest BCUT2D eigenvalue weighted by Gasteiger charge is 2.30. The fraction of sp³-hybridized carbons (Fsp3) is 0.529. The van der Waals surface area contributed by atoms with Gasteiger partial charge in [0, 0.05) is 11.5 Å². The van der Waals surface area contributed by atoms with Gasteiger partial charge in [-0.1, -0.05) is 62.2 Å². The SMILES string of the molecule is CC(C)(c1ccccc1)C(N)C1=CCCCCC1. The Bertz CT molecular complexity index is 403. The van der Waals surface area contributed by atoms with E-state index in [-0.39, 0.29) is 11.5 Å². The molecule has 1 heteroatoms. The number of nitrogens with two attached hydrogens (primary N) is 1. The first-order chi connectivity index (χ1) is 8.62. The van der Waals surface area contributed by atoms with E-state index >= 15 is 0 Å². The Morgan fingerprint density at radius 1 is 1.06 bits per heavy atom. The van der Waals surface area contributed by atoms with Crippen LogP contribution in [0.2, 0.25) is 0 Å². The lowest BCUT2D eigenvalue weighted by molar-refractivity contribution is 0.440. The largest absolute Gasteiger partial charge is 0.324 e. The highest BCUT2D eigenvalue weighted by atomic mass is 14.7. The summed E-state index contributed by atoms with van der Waals surface area (Å²) in [5.74, 6) is 0. The van der Waals surface area contributed by atoms with Crippen molar-refractivity contribution in [3.63, 3.8) is 0 Å². The Morgan fingerprint density at radius 3 is 2.50 bits per heavy atom. The summed E-state index contributed by atoms with van der Waals surface area (Å²) in [6, 6.07) is 10.8. The first-order valence-corrected chi connectivity index (χ1v) is 7.12. The third kappa shape index (κ3) is 2.84. The van der Waals surface area contributed by atoms with E-state index in [1.54, 1.807) is 0 Å². The second-order valence-electron chi connectivity index (χ2n) is 5.94. The summed E-state index contributed by atoms with van der Waals surface area (Å²) < 4.78 is 0. The molecule has 0 aliphatic heterocycles. The van der Waals surface area contributed by atoms with Crippen LogP contribution in [0.25, 0.3) is 0 Å². The minimum absolute atomic E-state index is 0.0113. The van der Waals surface area contributed by atoms with E-state index in [4.69, 9.17) is 5.73 Å². The van der Waals surface area contributed by atoms with Crippen LogP contribution in [0, 0.1) is 0 Å². The molecule has 0 aromatic heterocycles. The molecular weight excluding hydrogens is 218 g/mol. The van der Waals surface area contributed by atoms with Crippen LogP contribution < -0.4 is 5.73 Å². The zero-order chi connectivity index (χ0) is 13.0. The van der Waals surface area contributed by atoms with Crippen molar-refractivity contribution < 1.29 is 0 Å². The van der Waals surface area contributed by atoms with Gasteiger partial charge >= 0.3 is 0 Å². The number of rotatable bonds is 3. The number of allylic oxidation sites excluding steroid dienone is 1. The molecule has 0 bridgehead atoms. The van der Waals surface area contributed by atoms with E-state index in [1.165, 1.54) is 43.2 Å². The second kappa shape index (κ2) is 5.71. The zero-order valence-corrected chi connectivity index (χ0v) is 11.7. The van der Waals surface area contributed by atoms with Crippen LogP contribution in [0.3, 0.4) is 0 Å². The normalized spacial score (nSPS) is 18.9. The van der Waals surface area contributed by atoms with Gasteiger partial charge in [-0.2, -0.15) is 0 Å². The molecule has 0 fully saturated rings. The monoisotopic (exact) mass is 243 g/mol. The Kier molecular flexibility index (Phi) is 4.23. The molecule has 98 valence electrons. The van der Waals surface area contributed by atoms with E-state index < -0.39 is 0 Å². The molecule has 1 aromatic rings. The molecule has 2 N–H and O–H groups in total. The minimum atomic E-state index is 0.0113. The molecule has 1 nitrogen and oxygen atoms in total. The van der Waals surface area contributed by atoms with Gasteiger partial charge in [0.05, 0.1) is 0 Å². The average molecular weight is 243 g/mol. The second-order valence-corrected chi connectivity index (χ2v) is 5.94. The lowest BCUT2D eigenvalue weighted by Crippen LogP contribution is -2.42. The van der Waals surface area contributed by atoms with Gasteiger partial charge in [0.2, 0.25) is 0 Å². The molecule has 0 saturated carbocycles. The van der Waals surface area contributed by atoms with Crippen molar-refractivity contribution in [1.29, 1.82) is 0 Å². The quantitative estimate of drug-likeness (QED) is 0.792. The van der Waals surface area contributed by atoms with Crippen molar-refractivity contribution in [3.05, 3.63) is 47.5 Å². The molecule has 1 aromatic carbocycles. The zero-order valence-electron chi connectivity index (χ0n) is 11.7. The maximum atomic E-state index is 6.56. The van der Waals surface area contributed by atoms with Crippen LogP contribution in [0.15, 0.2) is 42.0 Å². The Balaban J connectivity index is 2.21. The van der Waals surface area contributed by atoms with Gasteiger partial charge in [-0.15, -0.1) is 0 Å². The lowest BCUT2D eigenvalue weighted by Gasteiger charge is -2.34. The smallest absolute Gasteiger partial charge is 0.0346 e. The van der Waals surface area contributed by atoms with Crippen molar-refractivity contribution in [2.75, 3.05) is 0 Å². The molecule has 0 amide bonds. The van der Waals surface area contributed by atoms with Gasteiger partial charge in [-0.3, -0.25) is 0 Å². The van der Waals surface area contributed by atoms with Crippen molar-refractivity contribution in [2.45, 2.75) is 57.4 Å². The van der Waals surface area contributed by atoms with Crippen LogP contribution in [0.5, 0.6) is 0 Å². The third-order valence-corrected chi connectivity index (χ3v) is 4.27. The highest BCUT2D eigenvalue weighted by molar-refractivity contribution is 5.31. The Morgan fingerprint density at radius 2 is 1.78 bits per heavy atom. The summed E-state index contributed by atoms with van der Waals surface area (Å²) in [5, 5.41) is 0. The molecule has 18 heavy (non-hydrogen) atoms. The minimum Gasteiger partial charge on any atom is -0.324 e. The van der Waals surface area contributed by atoms with Gasteiger partial charge in [-0.05, 0) is 31.2 Å². The molecule has 1 atom stereocenters. The summed E-state index contributed by atoms with van der Waals surface area (Å²) in [7, 11) is 0. The van der Waals surface area contributed by atoms with E-state index in [2.05, 4.69) is 50.3 Å². The topological polar surface area (TPSA) is 26.0 Å². The molecule has 0 heterocycles. The summed E-state index contributed by atoms with van der Waals surface area (Å²) >= 11 is 0. The molecule has 1 aliphatic carbocycles. The van der Waals surface area contributed by atoms with E-state index in [9.17, 15) is 0 Å². The first kappa shape index (κ1) is 13.4. The lowest BCUT2D eigenvalue weighted by atomic mass is 9.74. The summed E-state index contributed by atoms with van der Waals surface area (Å²) in [4.78, 5) is 0. The van der Waals surface area contributed by atoms with E-state index in [0.717, 1.165) is 0 Å². The van der Waals surface area contributed by atoms with Gasteiger partial charge < -0.3 is 5.73 Å². The summed E-state index contributed by atoms with van der Waals surface area (Å²) in [6.07, 6.45) is 8.73. The fourth-order valence-corrected chi connectivity index (χ4v) is 2.83. The first-order valence-electron chi connectivity index (χ1n) is 7.12. The fourth-order valence-electron chi connectivity index (χ4n) is 2.83. The van der Waals surface area contributed by atoms with Gasteiger partial charge in [0.1, 0.15) is 0 Å². The van der Waals surface area contributed by atoms with Crippen LogP contribution in [-0.4, -0.2) is 6.04 Å². The van der Waals surface area contributed by atoms with Crippen LogP contribution in [-0.2, 0) is 5.41 Å². The van der Waals surface area contributed by atoms with E-state index in [0.29, 0.717) is 0 Å². The third-order valence-electron chi connectivity index (χ3n) is 4.27. The number of hydrogen-bond acceptors (Lipinski definition) is 1. The molecule has 1 unspecified atom stereocenters. The van der Waals surface area contributed by atoms with Crippen LogP contribution >= 0.6 is 0 Å². The maximum Gasteiger partial charge on any atom is 0.0346 e. The predicted molar refractivity (Wildman–Crippen MR) is 78.6 cm³/mol. The maximum absolute atomic E-state index is 6.56. The summed E-state index contributed by atoms with van der Waals surface area (Å²) in [5.41, 5.74) is 9.37. The molecule has 1 aliphatic rings.